The van der Waals surface area contributed by atoms with Gasteiger partial charge in [0.25, 0.3) is 0 Å². The van der Waals surface area contributed by atoms with Gasteiger partial charge in [-0.1, -0.05) is 11.6 Å². The van der Waals surface area contributed by atoms with Crippen molar-refractivity contribution >= 4 is 39.3 Å². The average molecular weight is 362 g/mol. The van der Waals surface area contributed by atoms with Crippen LogP contribution >= 0.6 is 27.5 Å². The smallest absolute Gasteiger partial charge is 0.410 e. The summed E-state index contributed by atoms with van der Waals surface area (Å²) in [6.45, 7) is 6.90. The molecular formula is C14H18BrClN2O2. The van der Waals surface area contributed by atoms with E-state index in [1.807, 2.05) is 39.0 Å². The summed E-state index contributed by atoms with van der Waals surface area (Å²) in [4.78, 5) is 13.5. The number of hydrogen-bond acceptors (Lipinski definition) is 3. The third-order valence-corrected chi connectivity index (χ3v) is 4.04. The van der Waals surface area contributed by atoms with Gasteiger partial charge in [-0.3, -0.25) is 0 Å². The monoisotopic (exact) mass is 360 g/mol. The van der Waals surface area contributed by atoms with E-state index in [1.165, 1.54) is 0 Å². The summed E-state index contributed by atoms with van der Waals surface area (Å²) < 4.78 is 6.16. The Morgan fingerprint density at radius 2 is 2.10 bits per heavy atom. The van der Waals surface area contributed by atoms with Crippen LogP contribution in [0.3, 0.4) is 0 Å². The molecular weight excluding hydrogens is 344 g/mol. The Bertz CT molecular complexity index is 510. The maximum absolute atomic E-state index is 11.8. The molecule has 6 heteroatoms. The molecule has 0 unspecified atom stereocenters. The van der Waals surface area contributed by atoms with E-state index in [4.69, 9.17) is 16.3 Å². The number of nitrogens with zero attached hydrogens (tertiary/aromatic N) is 1. The van der Waals surface area contributed by atoms with Gasteiger partial charge in [0.1, 0.15) is 5.60 Å². The zero-order valence-corrected chi connectivity index (χ0v) is 14.1. The van der Waals surface area contributed by atoms with E-state index in [0.29, 0.717) is 18.1 Å². The standard InChI is InChI=1S/C14H18BrClN2O2/c1-14(2,3)20-13(19)18-7-10(8-18)17-9-4-5-12(16)11(15)6-9/h4-6,10,17H,7-8H2,1-3H3. The number of benzene rings is 1. The van der Waals surface area contributed by atoms with Crippen LogP contribution < -0.4 is 5.32 Å². The van der Waals surface area contributed by atoms with Gasteiger partial charge in [0, 0.05) is 23.2 Å². The number of carbonyl (C=O) groups is 1. The molecule has 2 rings (SSSR count). The highest BCUT2D eigenvalue weighted by atomic mass is 79.9. The lowest BCUT2D eigenvalue weighted by atomic mass is 10.1. The topological polar surface area (TPSA) is 41.6 Å². The Hall–Kier alpha value is -0.940. The van der Waals surface area contributed by atoms with Gasteiger partial charge in [-0.25, -0.2) is 4.79 Å². The molecule has 1 amide bonds. The summed E-state index contributed by atoms with van der Waals surface area (Å²) in [5, 5.41) is 4.04. The van der Waals surface area contributed by atoms with Crippen LogP contribution in [0.4, 0.5) is 10.5 Å². The minimum Gasteiger partial charge on any atom is -0.444 e. The first-order chi connectivity index (χ1) is 9.24. The van der Waals surface area contributed by atoms with Gasteiger partial charge in [-0.15, -0.1) is 0 Å². The molecule has 0 aromatic heterocycles. The van der Waals surface area contributed by atoms with Crippen LogP contribution in [0.1, 0.15) is 20.8 Å². The second-order valence-electron chi connectivity index (χ2n) is 5.86. The van der Waals surface area contributed by atoms with E-state index >= 15 is 0 Å². The van der Waals surface area contributed by atoms with E-state index in [0.717, 1.165) is 10.2 Å². The summed E-state index contributed by atoms with van der Waals surface area (Å²) in [7, 11) is 0. The van der Waals surface area contributed by atoms with E-state index in [2.05, 4.69) is 21.2 Å². The van der Waals surface area contributed by atoms with Gasteiger partial charge >= 0.3 is 6.09 Å². The Kier molecular flexibility index (Phi) is 4.49. The zero-order chi connectivity index (χ0) is 14.9. The lowest BCUT2D eigenvalue weighted by Gasteiger charge is -2.40. The highest BCUT2D eigenvalue weighted by Gasteiger charge is 2.33. The Morgan fingerprint density at radius 1 is 1.45 bits per heavy atom. The van der Waals surface area contributed by atoms with Crippen molar-refractivity contribution in [1.82, 2.24) is 4.90 Å². The van der Waals surface area contributed by atoms with Crippen molar-refractivity contribution in [3.05, 3.63) is 27.7 Å². The number of amides is 1. The molecule has 0 radical (unpaired) electrons. The van der Waals surface area contributed by atoms with Crippen molar-refractivity contribution in [3.8, 4) is 0 Å². The third kappa shape index (κ3) is 4.03. The van der Waals surface area contributed by atoms with Crippen molar-refractivity contribution in [2.75, 3.05) is 18.4 Å². The zero-order valence-electron chi connectivity index (χ0n) is 11.7. The normalized spacial score (nSPS) is 15.8. The first-order valence-corrected chi connectivity index (χ1v) is 7.61. The Balaban J connectivity index is 1.82. The molecule has 0 atom stereocenters. The van der Waals surface area contributed by atoms with Crippen LogP contribution in [0.25, 0.3) is 0 Å². The Morgan fingerprint density at radius 3 is 2.65 bits per heavy atom. The summed E-state index contributed by atoms with van der Waals surface area (Å²) in [6, 6.07) is 5.93. The van der Waals surface area contributed by atoms with Crippen LogP contribution in [-0.2, 0) is 4.74 Å². The van der Waals surface area contributed by atoms with Crippen molar-refractivity contribution in [2.45, 2.75) is 32.4 Å². The summed E-state index contributed by atoms with van der Waals surface area (Å²) in [5.74, 6) is 0. The van der Waals surface area contributed by atoms with E-state index in [-0.39, 0.29) is 12.1 Å². The SMILES string of the molecule is CC(C)(C)OC(=O)N1CC(Nc2ccc(Cl)c(Br)c2)C1. The van der Waals surface area contributed by atoms with Crippen molar-refractivity contribution < 1.29 is 9.53 Å². The van der Waals surface area contributed by atoms with Gasteiger partial charge in [0.05, 0.1) is 11.1 Å². The molecule has 1 aliphatic rings. The van der Waals surface area contributed by atoms with Crippen molar-refractivity contribution in [1.29, 1.82) is 0 Å². The predicted molar refractivity (Wildman–Crippen MR) is 84.4 cm³/mol. The largest absolute Gasteiger partial charge is 0.444 e. The molecule has 1 heterocycles. The minimum atomic E-state index is -0.448. The van der Waals surface area contributed by atoms with Crippen molar-refractivity contribution in [3.63, 3.8) is 0 Å². The van der Waals surface area contributed by atoms with Crippen LogP contribution in [0.5, 0.6) is 0 Å². The number of ether oxygens (including phenoxy) is 1. The predicted octanol–water partition coefficient (Wildman–Crippen LogP) is 4.13. The number of anilines is 1. The van der Waals surface area contributed by atoms with Gasteiger partial charge in [0.15, 0.2) is 0 Å². The molecule has 1 aromatic rings. The molecule has 20 heavy (non-hydrogen) atoms. The number of likely N-dealkylation sites (tertiary alicyclic amines) is 1. The first-order valence-electron chi connectivity index (χ1n) is 6.44. The van der Waals surface area contributed by atoms with Crippen LogP contribution in [0.15, 0.2) is 22.7 Å². The molecule has 0 saturated carbocycles. The quantitative estimate of drug-likeness (QED) is 0.861. The second kappa shape index (κ2) is 5.82. The minimum absolute atomic E-state index is 0.246. The molecule has 1 aliphatic heterocycles. The van der Waals surface area contributed by atoms with Gasteiger partial charge < -0.3 is 15.0 Å². The van der Waals surface area contributed by atoms with Crippen molar-refractivity contribution in [2.24, 2.45) is 0 Å². The molecule has 0 aliphatic carbocycles. The number of rotatable bonds is 2. The highest BCUT2D eigenvalue weighted by Crippen LogP contribution is 2.27. The maximum atomic E-state index is 11.8. The molecule has 1 aromatic carbocycles. The number of halogens is 2. The molecule has 110 valence electrons. The molecule has 1 saturated heterocycles. The highest BCUT2D eigenvalue weighted by molar-refractivity contribution is 9.10. The van der Waals surface area contributed by atoms with Crippen LogP contribution in [0, 0.1) is 0 Å². The summed E-state index contributed by atoms with van der Waals surface area (Å²) in [5.41, 5.74) is 0.534. The molecule has 1 N–H and O–H groups in total. The van der Waals surface area contributed by atoms with Gasteiger partial charge in [0.2, 0.25) is 0 Å². The Labute approximate surface area is 132 Å². The fourth-order valence-electron chi connectivity index (χ4n) is 1.87. The summed E-state index contributed by atoms with van der Waals surface area (Å²) >= 11 is 9.33. The average Bonchev–Trinajstić information content (AvgIpc) is 2.25. The van der Waals surface area contributed by atoms with Gasteiger partial charge in [-0.2, -0.15) is 0 Å². The van der Waals surface area contributed by atoms with E-state index < -0.39 is 5.60 Å². The lowest BCUT2D eigenvalue weighted by molar-refractivity contribution is 0.0105. The number of hydrogen-bond donors (Lipinski definition) is 1. The lowest BCUT2D eigenvalue weighted by Crippen LogP contribution is -2.57. The number of nitrogens with one attached hydrogen (secondary N) is 1. The van der Waals surface area contributed by atoms with Crippen LogP contribution in [-0.4, -0.2) is 35.7 Å². The summed E-state index contributed by atoms with van der Waals surface area (Å²) in [6.07, 6.45) is -0.257. The fraction of sp³-hybridized carbons (Fsp3) is 0.500. The maximum Gasteiger partial charge on any atom is 0.410 e. The fourth-order valence-corrected chi connectivity index (χ4v) is 2.36. The van der Waals surface area contributed by atoms with E-state index in [1.54, 1.807) is 4.90 Å². The molecule has 0 bridgehead atoms. The molecule has 0 spiro atoms. The molecule has 1 fully saturated rings. The number of carbonyl (C=O) groups excluding carboxylic acids is 1. The second-order valence-corrected chi connectivity index (χ2v) is 7.12. The molecule has 4 nitrogen and oxygen atoms in total. The first kappa shape index (κ1) is 15.4. The van der Waals surface area contributed by atoms with Crippen LogP contribution in [0.2, 0.25) is 5.02 Å². The third-order valence-electron chi connectivity index (χ3n) is 2.82. The van der Waals surface area contributed by atoms with Gasteiger partial charge in [-0.05, 0) is 54.9 Å². The van der Waals surface area contributed by atoms with E-state index in [9.17, 15) is 4.79 Å².